The number of amides is 2. The summed E-state index contributed by atoms with van der Waals surface area (Å²) in [5.41, 5.74) is 4.12. The quantitative estimate of drug-likeness (QED) is 0.407. The molecule has 4 aromatic rings. The normalized spacial score (nSPS) is 13.2. The molecule has 3 heterocycles. The smallest absolute Gasteiger partial charge is 0.251 e. The second kappa shape index (κ2) is 9.32. The molecule has 0 unspecified atom stereocenters. The molecule has 0 radical (unpaired) electrons. The molecule has 1 aliphatic carbocycles. The van der Waals surface area contributed by atoms with E-state index < -0.39 is 0 Å². The SMILES string of the molecule is CC(=O)N(Cc1ccn(Cc2cc(C(=O)NCc3cc4c(C)c[nH]c4cc3F)ccn2)n1)C1CC1. The number of hydrogen-bond acceptors (Lipinski definition) is 4. The number of benzene rings is 1. The predicted molar refractivity (Wildman–Crippen MR) is 129 cm³/mol. The molecule has 35 heavy (non-hydrogen) atoms. The van der Waals surface area contributed by atoms with Crippen molar-refractivity contribution in [1.82, 2.24) is 30.0 Å². The summed E-state index contributed by atoms with van der Waals surface area (Å²) < 4.78 is 16.2. The molecule has 0 bridgehead atoms. The fourth-order valence-electron chi connectivity index (χ4n) is 4.25. The lowest BCUT2D eigenvalue weighted by molar-refractivity contribution is -0.130. The Bertz CT molecular complexity index is 1400. The number of hydrogen-bond donors (Lipinski definition) is 2. The van der Waals surface area contributed by atoms with Crippen LogP contribution >= 0.6 is 0 Å². The molecular weight excluding hydrogens is 447 g/mol. The highest BCUT2D eigenvalue weighted by molar-refractivity contribution is 5.94. The van der Waals surface area contributed by atoms with Gasteiger partial charge in [-0.2, -0.15) is 5.10 Å². The van der Waals surface area contributed by atoms with Crippen LogP contribution in [0.25, 0.3) is 10.9 Å². The van der Waals surface area contributed by atoms with Crippen LogP contribution in [-0.4, -0.2) is 42.5 Å². The number of nitrogens with zero attached hydrogens (tertiary/aromatic N) is 4. The van der Waals surface area contributed by atoms with Gasteiger partial charge < -0.3 is 15.2 Å². The predicted octanol–water partition coefficient (Wildman–Crippen LogP) is 3.70. The number of halogens is 1. The maximum atomic E-state index is 14.4. The van der Waals surface area contributed by atoms with E-state index in [1.165, 1.54) is 6.07 Å². The molecule has 1 aliphatic rings. The molecule has 3 aromatic heterocycles. The first-order valence-electron chi connectivity index (χ1n) is 11.7. The lowest BCUT2D eigenvalue weighted by Crippen LogP contribution is -2.30. The third-order valence-electron chi connectivity index (χ3n) is 6.32. The van der Waals surface area contributed by atoms with Crippen molar-refractivity contribution < 1.29 is 14.0 Å². The lowest BCUT2D eigenvalue weighted by Gasteiger charge is -2.18. The number of nitrogens with one attached hydrogen (secondary N) is 2. The van der Waals surface area contributed by atoms with Gasteiger partial charge in [0, 0.05) is 60.1 Å². The summed E-state index contributed by atoms with van der Waals surface area (Å²) in [5.74, 6) is -0.610. The minimum atomic E-state index is -0.366. The van der Waals surface area contributed by atoms with Gasteiger partial charge in [0.25, 0.3) is 5.91 Å². The van der Waals surface area contributed by atoms with E-state index >= 15 is 0 Å². The lowest BCUT2D eigenvalue weighted by atomic mass is 10.1. The summed E-state index contributed by atoms with van der Waals surface area (Å²) in [6.45, 7) is 4.51. The Balaban J connectivity index is 1.22. The van der Waals surface area contributed by atoms with Crippen molar-refractivity contribution in [2.24, 2.45) is 0 Å². The molecule has 0 atom stereocenters. The highest BCUT2D eigenvalue weighted by Gasteiger charge is 2.31. The molecule has 9 heteroatoms. The van der Waals surface area contributed by atoms with Crippen LogP contribution in [0.3, 0.4) is 0 Å². The van der Waals surface area contributed by atoms with Gasteiger partial charge >= 0.3 is 0 Å². The largest absolute Gasteiger partial charge is 0.361 e. The van der Waals surface area contributed by atoms with Crippen molar-refractivity contribution in [2.75, 3.05) is 0 Å². The number of carbonyl (C=O) groups is 2. The van der Waals surface area contributed by atoms with Gasteiger partial charge in [0.15, 0.2) is 0 Å². The van der Waals surface area contributed by atoms with Crippen molar-refractivity contribution in [3.05, 3.63) is 82.8 Å². The van der Waals surface area contributed by atoms with Crippen molar-refractivity contribution in [2.45, 2.75) is 52.4 Å². The molecule has 2 amide bonds. The first-order chi connectivity index (χ1) is 16.9. The third kappa shape index (κ3) is 5.08. The van der Waals surface area contributed by atoms with Crippen LogP contribution in [-0.2, 0) is 24.4 Å². The minimum Gasteiger partial charge on any atom is -0.361 e. The maximum Gasteiger partial charge on any atom is 0.251 e. The number of H-pyrrole nitrogens is 1. The summed E-state index contributed by atoms with van der Waals surface area (Å²) in [7, 11) is 0. The van der Waals surface area contributed by atoms with E-state index in [1.54, 1.807) is 36.0 Å². The number of carbonyl (C=O) groups excluding carboxylic acids is 2. The van der Waals surface area contributed by atoms with Crippen LogP contribution in [0.15, 0.2) is 48.9 Å². The van der Waals surface area contributed by atoms with Crippen molar-refractivity contribution in [1.29, 1.82) is 0 Å². The van der Waals surface area contributed by atoms with Crippen LogP contribution < -0.4 is 5.32 Å². The van der Waals surface area contributed by atoms with Crippen LogP contribution in [0.4, 0.5) is 4.39 Å². The van der Waals surface area contributed by atoms with Gasteiger partial charge in [-0.15, -0.1) is 0 Å². The first kappa shape index (κ1) is 22.8. The monoisotopic (exact) mass is 474 g/mol. The fraction of sp³-hybridized carbons (Fsp3) is 0.308. The van der Waals surface area contributed by atoms with Crippen molar-refractivity contribution >= 4 is 22.7 Å². The summed E-state index contributed by atoms with van der Waals surface area (Å²) in [6.07, 6.45) is 7.35. The highest BCUT2D eigenvalue weighted by Crippen LogP contribution is 2.28. The maximum absolute atomic E-state index is 14.4. The first-order valence-corrected chi connectivity index (χ1v) is 11.7. The summed E-state index contributed by atoms with van der Waals surface area (Å²) in [5, 5.41) is 8.30. The second-order valence-electron chi connectivity index (χ2n) is 9.06. The molecule has 0 aliphatic heterocycles. The van der Waals surface area contributed by atoms with Crippen molar-refractivity contribution in [3.8, 4) is 0 Å². The highest BCUT2D eigenvalue weighted by atomic mass is 19.1. The Morgan fingerprint density at radius 3 is 2.83 bits per heavy atom. The average molecular weight is 475 g/mol. The van der Waals surface area contributed by atoms with E-state index in [4.69, 9.17) is 0 Å². The summed E-state index contributed by atoms with van der Waals surface area (Å²) >= 11 is 0. The van der Waals surface area contributed by atoms with Crippen LogP contribution in [0.1, 0.15) is 52.6 Å². The van der Waals surface area contributed by atoms with Crippen LogP contribution in [0, 0.1) is 12.7 Å². The Morgan fingerprint density at radius 1 is 1.23 bits per heavy atom. The molecule has 0 saturated heterocycles. The standard InChI is InChI=1S/C26H27FN6O2/c1-16-12-29-25-11-24(27)19(10-23(16)25)13-30-26(35)18-5-7-28-21(9-18)14-32-8-6-20(31-32)15-33(17(2)34)22-3-4-22/h5-12,22,29H,3-4,13-15H2,1-2H3,(H,30,35). The van der Waals surface area contributed by atoms with Gasteiger partial charge in [-0.05, 0) is 55.7 Å². The summed E-state index contributed by atoms with van der Waals surface area (Å²) in [6, 6.07) is 8.78. The Hall–Kier alpha value is -4.01. The third-order valence-corrected chi connectivity index (χ3v) is 6.32. The van der Waals surface area contributed by atoms with Gasteiger partial charge in [0.05, 0.1) is 24.5 Å². The number of rotatable bonds is 8. The molecule has 5 rings (SSSR count). The molecule has 1 fully saturated rings. The number of aryl methyl sites for hydroxylation is 1. The zero-order valence-electron chi connectivity index (χ0n) is 19.7. The minimum absolute atomic E-state index is 0.0606. The molecule has 2 N–H and O–H groups in total. The molecule has 180 valence electrons. The van der Waals surface area contributed by atoms with Gasteiger partial charge in [-0.25, -0.2) is 4.39 Å². The Morgan fingerprint density at radius 2 is 2.06 bits per heavy atom. The molecule has 8 nitrogen and oxygen atoms in total. The van der Waals surface area contributed by atoms with Crippen molar-refractivity contribution in [3.63, 3.8) is 0 Å². The van der Waals surface area contributed by atoms with E-state index in [2.05, 4.69) is 20.4 Å². The van der Waals surface area contributed by atoms with E-state index in [1.807, 2.05) is 30.3 Å². The van der Waals surface area contributed by atoms with Crippen LogP contribution in [0.2, 0.25) is 0 Å². The average Bonchev–Trinajstić information content (AvgIpc) is 3.49. The number of aromatic nitrogens is 4. The van der Waals surface area contributed by atoms with Gasteiger partial charge in [0.2, 0.25) is 5.91 Å². The number of fused-ring (bicyclic) bond motifs is 1. The van der Waals surface area contributed by atoms with Gasteiger partial charge in [-0.3, -0.25) is 19.3 Å². The second-order valence-corrected chi connectivity index (χ2v) is 9.06. The van der Waals surface area contributed by atoms with Crippen LogP contribution in [0.5, 0.6) is 0 Å². The zero-order chi connectivity index (χ0) is 24.5. The van der Waals surface area contributed by atoms with E-state index in [-0.39, 0.29) is 24.2 Å². The van der Waals surface area contributed by atoms with E-state index in [0.717, 1.165) is 35.0 Å². The van der Waals surface area contributed by atoms with E-state index in [0.29, 0.717) is 36.0 Å². The topological polar surface area (TPSA) is 95.9 Å². The molecule has 1 aromatic carbocycles. The van der Waals surface area contributed by atoms with Gasteiger partial charge in [0.1, 0.15) is 5.82 Å². The Labute approximate surface area is 202 Å². The summed E-state index contributed by atoms with van der Waals surface area (Å²) in [4.78, 5) is 33.9. The number of pyridine rings is 1. The van der Waals surface area contributed by atoms with Gasteiger partial charge in [-0.1, -0.05) is 0 Å². The fourth-order valence-corrected chi connectivity index (χ4v) is 4.25. The number of aromatic amines is 1. The zero-order valence-corrected chi connectivity index (χ0v) is 19.7. The molecule has 0 spiro atoms. The molecule has 1 saturated carbocycles. The Kier molecular flexibility index (Phi) is 6.07. The molecular formula is C26H27FN6O2. The van der Waals surface area contributed by atoms with E-state index in [9.17, 15) is 14.0 Å².